The van der Waals surface area contributed by atoms with E-state index in [1.54, 1.807) is 0 Å². The summed E-state index contributed by atoms with van der Waals surface area (Å²) in [6.07, 6.45) is 47.7. The quantitative estimate of drug-likeness (QED) is 0.0222. The third kappa shape index (κ3) is 66.5. The molecule has 0 aliphatic rings. The zero-order chi connectivity index (χ0) is 67.3. The maximum atomic E-state index is 13.0. The standard InChI is InChI=1S/C72H140O17P2/c1-8-9-10-11-12-13-14-15-16-17-18-19-20-21-22-23-24-25-32-41-48-55-71(76)88-67(59-82-69(74)53-46-39-33-26-29-36-43-50-63(2)3)61-86-90(78,79)84-57-66(73)58-85-91(80,81)87-62-68(89-72(77)56-49-42-35-28-31-38-45-52-65(6)7)60-83-70(75)54-47-40-34-27-30-37-44-51-64(4)5/h63-68,73H,8-62H2,1-7H3,(H,78,79)(H,80,81)/t66-,67-,68-/m1/s1. The number of rotatable bonds is 70. The number of hydrogen-bond donors (Lipinski definition) is 3. The average molecular weight is 1340 g/mol. The lowest BCUT2D eigenvalue weighted by Crippen LogP contribution is -2.30. The van der Waals surface area contributed by atoms with E-state index in [4.69, 9.17) is 37.0 Å². The minimum absolute atomic E-state index is 0.102. The highest BCUT2D eigenvalue weighted by Crippen LogP contribution is 2.45. The third-order valence-electron chi connectivity index (χ3n) is 16.6. The number of unbranched alkanes of at least 4 members (excludes halogenated alkanes) is 38. The van der Waals surface area contributed by atoms with Crippen molar-refractivity contribution in [1.29, 1.82) is 0 Å². The second kappa shape index (κ2) is 62.8. The van der Waals surface area contributed by atoms with Crippen LogP contribution < -0.4 is 0 Å². The first kappa shape index (κ1) is 89.1. The molecule has 0 aromatic heterocycles. The van der Waals surface area contributed by atoms with Gasteiger partial charge in [0.15, 0.2) is 12.2 Å². The molecule has 91 heavy (non-hydrogen) atoms. The van der Waals surface area contributed by atoms with E-state index in [0.29, 0.717) is 43.4 Å². The van der Waals surface area contributed by atoms with Crippen LogP contribution in [0.5, 0.6) is 0 Å². The van der Waals surface area contributed by atoms with Crippen LogP contribution in [-0.2, 0) is 65.4 Å². The molecule has 0 aromatic carbocycles. The summed E-state index contributed by atoms with van der Waals surface area (Å²) in [5.74, 6) is -0.0247. The second-order valence-corrected chi connectivity index (χ2v) is 30.3. The van der Waals surface area contributed by atoms with Gasteiger partial charge in [0.1, 0.15) is 19.3 Å². The number of phosphoric acid groups is 2. The van der Waals surface area contributed by atoms with Crippen LogP contribution in [0.4, 0.5) is 0 Å². The Labute approximate surface area is 556 Å². The van der Waals surface area contributed by atoms with Crippen LogP contribution in [0.2, 0.25) is 0 Å². The van der Waals surface area contributed by atoms with Gasteiger partial charge in [-0.3, -0.25) is 37.3 Å². The van der Waals surface area contributed by atoms with E-state index >= 15 is 0 Å². The van der Waals surface area contributed by atoms with E-state index in [1.165, 1.54) is 161 Å². The van der Waals surface area contributed by atoms with Crippen molar-refractivity contribution in [3.05, 3.63) is 0 Å². The van der Waals surface area contributed by atoms with E-state index in [1.807, 2.05) is 0 Å². The van der Waals surface area contributed by atoms with Crippen LogP contribution in [0.15, 0.2) is 0 Å². The number of esters is 4. The van der Waals surface area contributed by atoms with Crippen molar-refractivity contribution in [3.8, 4) is 0 Å². The van der Waals surface area contributed by atoms with Gasteiger partial charge in [0.25, 0.3) is 0 Å². The van der Waals surface area contributed by atoms with Crippen molar-refractivity contribution in [2.75, 3.05) is 39.6 Å². The predicted molar refractivity (Wildman–Crippen MR) is 368 cm³/mol. The molecule has 17 nitrogen and oxygen atoms in total. The van der Waals surface area contributed by atoms with Crippen molar-refractivity contribution < 1.29 is 80.2 Å². The molecular formula is C72H140O17P2. The summed E-state index contributed by atoms with van der Waals surface area (Å²) in [6.45, 7) is 11.7. The molecule has 19 heteroatoms. The molecule has 0 rings (SSSR count). The molecule has 0 fully saturated rings. The molecule has 0 aliphatic heterocycles. The molecule has 0 bridgehead atoms. The molecule has 3 N–H and O–H groups in total. The number of phosphoric ester groups is 2. The lowest BCUT2D eigenvalue weighted by atomic mass is 10.0. The van der Waals surface area contributed by atoms with Crippen molar-refractivity contribution in [3.63, 3.8) is 0 Å². The predicted octanol–water partition coefficient (Wildman–Crippen LogP) is 20.6. The number of hydrogen-bond acceptors (Lipinski definition) is 15. The fourth-order valence-electron chi connectivity index (χ4n) is 10.9. The Balaban J connectivity index is 5.15. The first-order valence-electron chi connectivity index (χ1n) is 37.3. The van der Waals surface area contributed by atoms with Gasteiger partial charge in [-0.25, -0.2) is 9.13 Å². The zero-order valence-corrected chi connectivity index (χ0v) is 61.1. The molecule has 2 unspecified atom stereocenters. The molecule has 0 heterocycles. The average Bonchev–Trinajstić information content (AvgIpc) is 3.69. The first-order valence-corrected chi connectivity index (χ1v) is 40.3. The Morgan fingerprint density at radius 3 is 0.747 bits per heavy atom. The van der Waals surface area contributed by atoms with Gasteiger partial charge in [0.05, 0.1) is 26.4 Å². The molecule has 5 atom stereocenters. The van der Waals surface area contributed by atoms with Crippen LogP contribution in [0, 0.1) is 17.8 Å². The van der Waals surface area contributed by atoms with E-state index in [-0.39, 0.29) is 25.7 Å². The Bertz CT molecular complexity index is 1780. The zero-order valence-electron chi connectivity index (χ0n) is 59.3. The topological polar surface area (TPSA) is 237 Å². The van der Waals surface area contributed by atoms with Gasteiger partial charge >= 0.3 is 39.5 Å². The summed E-state index contributed by atoms with van der Waals surface area (Å²) in [5.41, 5.74) is 0. The molecule has 0 saturated heterocycles. The summed E-state index contributed by atoms with van der Waals surface area (Å²) in [5, 5.41) is 10.6. The molecule has 0 radical (unpaired) electrons. The molecule has 0 amide bonds. The smallest absolute Gasteiger partial charge is 0.462 e. The summed E-state index contributed by atoms with van der Waals surface area (Å²) >= 11 is 0. The summed E-state index contributed by atoms with van der Waals surface area (Å²) in [4.78, 5) is 72.5. The maximum absolute atomic E-state index is 13.0. The number of carbonyl (C=O) groups is 4. The minimum atomic E-state index is -4.95. The number of aliphatic hydroxyl groups excluding tert-OH is 1. The monoisotopic (exact) mass is 1340 g/mol. The second-order valence-electron chi connectivity index (χ2n) is 27.4. The van der Waals surface area contributed by atoms with Gasteiger partial charge in [-0.1, -0.05) is 312 Å². The third-order valence-corrected chi connectivity index (χ3v) is 18.5. The molecule has 0 spiro atoms. The molecular weight excluding hydrogens is 1200 g/mol. The Morgan fingerprint density at radius 2 is 0.505 bits per heavy atom. The van der Waals surface area contributed by atoms with Gasteiger partial charge in [-0.05, 0) is 43.4 Å². The van der Waals surface area contributed by atoms with Crippen molar-refractivity contribution in [2.24, 2.45) is 17.8 Å². The van der Waals surface area contributed by atoms with Crippen LogP contribution in [0.3, 0.4) is 0 Å². The van der Waals surface area contributed by atoms with Crippen LogP contribution >= 0.6 is 15.6 Å². The maximum Gasteiger partial charge on any atom is 0.472 e. The van der Waals surface area contributed by atoms with E-state index in [9.17, 15) is 43.2 Å². The van der Waals surface area contributed by atoms with Crippen molar-refractivity contribution in [2.45, 2.75) is 381 Å². The van der Waals surface area contributed by atoms with E-state index in [2.05, 4.69) is 48.5 Å². The van der Waals surface area contributed by atoms with Crippen LogP contribution in [0.25, 0.3) is 0 Å². The molecule has 540 valence electrons. The van der Waals surface area contributed by atoms with Gasteiger partial charge in [0, 0.05) is 25.7 Å². The number of carbonyl (C=O) groups excluding carboxylic acids is 4. The highest BCUT2D eigenvalue weighted by Gasteiger charge is 2.30. The lowest BCUT2D eigenvalue weighted by Gasteiger charge is -2.21. The Kier molecular flexibility index (Phi) is 61.5. The number of aliphatic hydroxyl groups is 1. The largest absolute Gasteiger partial charge is 0.472 e. The van der Waals surface area contributed by atoms with Gasteiger partial charge < -0.3 is 33.8 Å². The lowest BCUT2D eigenvalue weighted by molar-refractivity contribution is -0.161. The summed E-state index contributed by atoms with van der Waals surface area (Å²) in [7, 11) is -9.90. The van der Waals surface area contributed by atoms with Crippen molar-refractivity contribution >= 4 is 39.5 Å². The summed E-state index contributed by atoms with van der Waals surface area (Å²) in [6, 6.07) is 0. The van der Waals surface area contributed by atoms with Crippen LogP contribution in [-0.4, -0.2) is 96.7 Å². The molecule has 0 aromatic rings. The van der Waals surface area contributed by atoms with Gasteiger partial charge in [-0.2, -0.15) is 0 Å². The highest BCUT2D eigenvalue weighted by atomic mass is 31.2. The minimum Gasteiger partial charge on any atom is -0.462 e. The van der Waals surface area contributed by atoms with Gasteiger partial charge in [0.2, 0.25) is 0 Å². The fraction of sp³-hybridized carbons (Fsp3) is 0.944. The number of ether oxygens (including phenoxy) is 4. The SMILES string of the molecule is CCCCCCCCCCCCCCCCCCCCCCCC(=O)O[C@H](COC(=O)CCCCCCCCCC(C)C)COP(=O)(O)OC[C@@H](O)COP(=O)(O)OC[C@@H](COC(=O)CCCCCCCCCC(C)C)OC(=O)CCCCCCCCCC(C)C. The first-order chi connectivity index (χ1) is 43.7. The van der Waals surface area contributed by atoms with Gasteiger partial charge in [-0.15, -0.1) is 0 Å². The van der Waals surface area contributed by atoms with Crippen LogP contribution in [0.1, 0.15) is 363 Å². The van der Waals surface area contributed by atoms with E-state index < -0.39 is 97.5 Å². The normalized spacial score (nSPS) is 14.2. The molecule has 0 aliphatic carbocycles. The van der Waals surface area contributed by atoms with E-state index in [0.717, 1.165) is 103 Å². The fourth-order valence-corrected chi connectivity index (χ4v) is 12.5. The Hall–Kier alpha value is -1.94. The molecule has 0 saturated carbocycles. The van der Waals surface area contributed by atoms with Crippen molar-refractivity contribution in [1.82, 2.24) is 0 Å². The Morgan fingerprint density at radius 1 is 0.297 bits per heavy atom. The summed E-state index contributed by atoms with van der Waals surface area (Å²) < 4.78 is 68.2. The highest BCUT2D eigenvalue weighted by molar-refractivity contribution is 7.47.